The Morgan fingerprint density at radius 3 is 2.64 bits per heavy atom. The summed E-state index contributed by atoms with van der Waals surface area (Å²) >= 11 is 0. The molecule has 5 heteroatoms. The van der Waals surface area contributed by atoms with Crippen LogP contribution in [0.2, 0.25) is 1.41 Å². The highest BCUT2D eigenvalue weighted by molar-refractivity contribution is 5.82. The van der Waals surface area contributed by atoms with Crippen LogP contribution in [0.3, 0.4) is 0 Å². The summed E-state index contributed by atoms with van der Waals surface area (Å²) in [7, 11) is 0. The second-order valence-electron chi connectivity index (χ2n) is 1.78. The van der Waals surface area contributed by atoms with Gasteiger partial charge in [-0.1, -0.05) is 0 Å². The number of carboxylic acids is 1. The van der Waals surface area contributed by atoms with E-state index in [0.717, 1.165) is 6.92 Å². The number of aliphatic hydroxyl groups excluding tert-OH is 1. The van der Waals surface area contributed by atoms with Crippen LogP contribution in [0, 0.1) is 0 Å². The number of aliphatic carboxylic acids is 1. The number of hydrogen-bond donors (Lipinski definition) is 3. The van der Waals surface area contributed by atoms with Gasteiger partial charge >= 0.3 is 5.97 Å². The molecule has 0 radical (unpaired) electrons. The highest BCUT2D eigenvalue weighted by Crippen LogP contribution is 1.91. The Bertz CT molecular complexity index is 304. The fraction of sp³-hybridized carbons (Fsp3) is 0.667. The molecule has 0 heterocycles. The van der Waals surface area contributed by atoms with Gasteiger partial charge in [0.2, 0.25) is 5.91 Å². The predicted molar refractivity (Wildman–Crippen MR) is 36.9 cm³/mol. The third-order valence-electron chi connectivity index (χ3n) is 0.837. The number of aliphatic hydroxyl groups is 1. The van der Waals surface area contributed by atoms with Crippen molar-refractivity contribution in [2.24, 2.45) is 0 Å². The Labute approximate surface area is 71.1 Å². The first-order chi connectivity index (χ1) is 6.95. The first kappa shape index (κ1) is 4.06. The monoisotopic (exact) mass is 166 g/mol. The zero-order chi connectivity index (χ0) is 13.3. The van der Waals surface area contributed by atoms with E-state index in [1.54, 1.807) is 0 Å². The highest BCUT2D eigenvalue weighted by Gasteiger charge is 2.23. The second-order valence-corrected chi connectivity index (χ2v) is 1.78. The normalized spacial score (nSPS) is 25.8. The topological polar surface area (TPSA) is 86.6 Å². The van der Waals surface area contributed by atoms with E-state index in [4.69, 9.17) is 17.1 Å². The van der Waals surface area contributed by atoms with Crippen LogP contribution in [0.15, 0.2) is 0 Å². The lowest BCUT2D eigenvalue weighted by atomic mass is 10.2. The average molecular weight is 166 g/mol. The number of carbonyl (C=O) groups is 2. The van der Waals surface area contributed by atoms with E-state index in [2.05, 4.69) is 0 Å². The van der Waals surface area contributed by atoms with Crippen LogP contribution >= 0.6 is 0 Å². The third-order valence-corrected chi connectivity index (χ3v) is 0.837. The molecule has 0 bridgehead atoms. The van der Waals surface area contributed by atoms with E-state index in [-0.39, 0.29) is 0 Å². The fourth-order valence-electron chi connectivity index (χ4n) is 0.429. The van der Waals surface area contributed by atoms with E-state index in [0.29, 0.717) is 0 Å². The summed E-state index contributed by atoms with van der Waals surface area (Å²) in [6, 6.07) is -3.05. The molecule has 2 atom stereocenters. The zero-order valence-electron chi connectivity index (χ0n) is 10.7. The maximum Gasteiger partial charge on any atom is 0.328 e. The van der Waals surface area contributed by atoms with Gasteiger partial charge in [0.15, 0.2) is 7.43 Å². The third kappa shape index (κ3) is 3.57. The van der Waals surface area contributed by atoms with E-state index in [9.17, 15) is 9.59 Å². The van der Waals surface area contributed by atoms with E-state index < -0.39 is 36.2 Å². The van der Waals surface area contributed by atoms with Gasteiger partial charge in [-0.05, 0) is 6.92 Å². The smallest absolute Gasteiger partial charge is 0.328 e. The van der Waals surface area contributed by atoms with Crippen molar-refractivity contribution < 1.29 is 26.7 Å². The quantitative estimate of drug-likeness (QED) is 0.499. The first-order valence-electron chi connectivity index (χ1n) is 5.15. The van der Waals surface area contributed by atoms with Crippen LogP contribution in [0.25, 0.3) is 0 Å². The molecule has 0 spiro atoms. The molecule has 1 amide bonds. The molecule has 64 valence electrons. The molecule has 11 heavy (non-hydrogen) atoms. The molecule has 0 aliphatic carbocycles. The predicted octanol–water partition coefficient (Wildman–Crippen LogP) is -1.04. The molecular weight excluding hydrogens is 150 g/mol. The van der Waals surface area contributed by atoms with Crippen LogP contribution < -0.4 is 5.31 Å². The molecule has 0 rings (SSSR count). The molecule has 3 N–H and O–H groups in total. The highest BCUT2D eigenvalue weighted by atomic mass is 16.4. The molecule has 0 unspecified atom stereocenters. The van der Waals surface area contributed by atoms with Crippen molar-refractivity contribution in [3.8, 4) is 0 Å². The summed E-state index contributed by atoms with van der Waals surface area (Å²) in [6.45, 7) is -2.37. The maximum absolute atomic E-state index is 11.1. The number of hydrogen-bond acceptors (Lipinski definition) is 3. The molecule has 0 aromatic carbocycles. The number of nitrogens with one attached hydrogen (secondary N) is 1. The minimum atomic E-state index is -3.24. The van der Waals surface area contributed by atoms with Crippen molar-refractivity contribution in [2.45, 2.75) is 25.9 Å². The van der Waals surface area contributed by atoms with Crippen LogP contribution in [0.1, 0.15) is 19.3 Å². The average Bonchev–Trinajstić information content (AvgIpc) is 2.11. The van der Waals surface area contributed by atoms with Crippen LogP contribution in [0.5, 0.6) is 0 Å². The van der Waals surface area contributed by atoms with Crippen LogP contribution in [0.4, 0.5) is 0 Å². The standard InChI is InChI=1S/C6H11NO4/c1-3(8)5(6(10)11)7-4(2)9/h3,5,8H,1-2H3,(H,7,9)(H,10,11)/t3-,5+/m1/s1/i2D3,5D/hD. The zero-order valence-corrected chi connectivity index (χ0v) is 5.74. The van der Waals surface area contributed by atoms with Gasteiger partial charge in [-0.3, -0.25) is 4.79 Å². The molecule has 0 aromatic heterocycles. The number of carboxylic acid groups (broad SMARTS) is 1. The van der Waals surface area contributed by atoms with Gasteiger partial charge < -0.3 is 15.5 Å². The molecular formula is C6H11NO4. The van der Waals surface area contributed by atoms with E-state index in [1.165, 1.54) is 0 Å². The largest absolute Gasteiger partial charge is 0.480 e. The lowest BCUT2D eigenvalue weighted by Crippen LogP contribution is -2.46. The fourth-order valence-corrected chi connectivity index (χ4v) is 0.429. The van der Waals surface area contributed by atoms with Gasteiger partial charge in [0, 0.05) is 11.0 Å². The van der Waals surface area contributed by atoms with Gasteiger partial charge in [-0.15, -0.1) is 0 Å². The Morgan fingerprint density at radius 1 is 1.82 bits per heavy atom. The summed E-state index contributed by atoms with van der Waals surface area (Å²) in [4.78, 5) is 21.8. The lowest BCUT2D eigenvalue weighted by Gasteiger charge is -2.15. The second kappa shape index (κ2) is 3.92. The molecule has 0 aromatic rings. The number of rotatable bonds is 3. The van der Waals surface area contributed by atoms with Crippen molar-refractivity contribution in [2.75, 3.05) is 0 Å². The first-order valence-corrected chi connectivity index (χ1v) is 2.70. The van der Waals surface area contributed by atoms with E-state index >= 15 is 0 Å². The number of amides is 1. The summed E-state index contributed by atoms with van der Waals surface area (Å²) in [5, 5.41) is 17.2. The van der Waals surface area contributed by atoms with Gasteiger partial charge in [0.25, 0.3) is 0 Å². The Morgan fingerprint density at radius 2 is 2.36 bits per heavy atom. The van der Waals surface area contributed by atoms with Crippen molar-refractivity contribution in [3.63, 3.8) is 0 Å². The molecule has 0 saturated heterocycles. The van der Waals surface area contributed by atoms with Crippen molar-refractivity contribution in [1.82, 2.24) is 5.31 Å². The maximum atomic E-state index is 11.1. The summed E-state index contributed by atoms with van der Waals surface area (Å²) in [6.07, 6.45) is -1.92. The van der Waals surface area contributed by atoms with Gasteiger partial charge in [0.05, 0.1) is 7.47 Å². The van der Waals surface area contributed by atoms with Crippen molar-refractivity contribution in [1.29, 1.82) is 0 Å². The minimum absolute atomic E-state index is 0.549. The Balaban J connectivity index is 5.29. The minimum Gasteiger partial charge on any atom is -0.480 e. The van der Waals surface area contributed by atoms with Crippen LogP contribution in [-0.4, -0.2) is 34.2 Å². The van der Waals surface area contributed by atoms with Gasteiger partial charge in [0.1, 0.15) is 0 Å². The van der Waals surface area contributed by atoms with E-state index in [1.807, 2.05) is 0 Å². The molecule has 0 aliphatic rings. The Kier molecular flexibility index (Phi) is 1.45. The molecule has 0 saturated carbocycles. The Hall–Kier alpha value is -1.10. The molecule has 0 aliphatic heterocycles. The number of carbonyl (C=O) groups excluding carboxylic acids is 1. The summed E-state index contributed by atoms with van der Waals surface area (Å²) < 4.78 is 34.4. The van der Waals surface area contributed by atoms with Crippen molar-refractivity contribution >= 4 is 11.9 Å². The molecule has 0 fully saturated rings. The van der Waals surface area contributed by atoms with Crippen LogP contribution in [-0.2, 0) is 9.59 Å². The summed E-state index contributed by atoms with van der Waals surface area (Å²) in [5.74, 6) is -3.83. The lowest BCUT2D eigenvalue weighted by molar-refractivity contribution is -0.144. The van der Waals surface area contributed by atoms with Crippen molar-refractivity contribution in [3.05, 3.63) is 0 Å². The SMILES string of the molecule is [2H]N(C(=O)C([2H])([2H])[2H])[C@]([2H])(C(=O)O)[C@@H](C)O. The van der Waals surface area contributed by atoms with Gasteiger partial charge in [-0.2, -0.15) is 0 Å². The molecule has 5 nitrogen and oxygen atoms in total. The van der Waals surface area contributed by atoms with Gasteiger partial charge in [-0.25, -0.2) is 4.79 Å². The summed E-state index contributed by atoms with van der Waals surface area (Å²) in [5.41, 5.74) is 0.